The van der Waals surface area contributed by atoms with Gasteiger partial charge in [-0.25, -0.2) is 13.6 Å². The summed E-state index contributed by atoms with van der Waals surface area (Å²) in [6.45, 7) is 2.25. The lowest BCUT2D eigenvalue weighted by Gasteiger charge is -2.12. The van der Waals surface area contributed by atoms with E-state index in [1.165, 1.54) is 12.1 Å². The number of para-hydroxylation sites is 1. The van der Waals surface area contributed by atoms with Gasteiger partial charge >= 0.3 is 0 Å². The van der Waals surface area contributed by atoms with Crippen LogP contribution in [0.4, 0.5) is 5.69 Å². The first-order valence-electron chi connectivity index (χ1n) is 5.92. The summed E-state index contributed by atoms with van der Waals surface area (Å²) >= 11 is 0. The van der Waals surface area contributed by atoms with E-state index in [9.17, 15) is 13.2 Å². The van der Waals surface area contributed by atoms with Crippen LogP contribution in [-0.2, 0) is 19.6 Å². The molecule has 1 aliphatic rings. The number of benzene rings is 1. The van der Waals surface area contributed by atoms with E-state index in [0.717, 1.165) is 0 Å². The van der Waals surface area contributed by atoms with E-state index in [1.807, 2.05) is 6.92 Å². The van der Waals surface area contributed by atoms with Crippen molar-refractivity contribution < 1.29 is 17.9 Å². The molecule has 1 aromatic carbocycles. The minimum absolute atomic E-state index is 0.0456. The van der Waals surface area contributed by atoms with Crippen LogP contribution in [0.25, 0.3) is 0 Å². The molecule has 19 heavy (non-hydrogen) atoms. The minimum atomic E-state index is -3.86. The number of hydrogen-bond acceptors (Lipinski definition) is 4. The molecular formula is C12H16N2O4S. The van der Waals surface area contributed by atoms with Crippen molar-refractivity contribution in [1.29, 1.82) is 0 Å². The average Bonchev–Trinajstić information content (AvgIpc) is 2.75. The second kappa shape index (κ2) is 5.28. The molecule has 1 aromatic rings. The molecule has 104 valence electrons. The fraction of sp³-hybridized carbons (Fsp3) is 0.417. The lowest BCUT2D eigenvalue weighted by molar-refractivity contribution is -0.119. The van der Waals surface area contributed by atoms with Crippen molar-refractivity contribution in [3.05, 3.63) is 24.3 Å². The Bertz CT molecular complexity index is 585. The Kier molecular flexibility index (Phi) is 3.88. The zero-order valence-corrected chi connectivity index (χ0v) is 11.3. The summed E-state index contributed by atoms with van der Waals surface area (Å²) in [5.41, 5.74) is 0.203. The molecule has 6 nitrogen and oxygen atoms in total. The van der Waals surface area contributed by atoms with Gasteiger partial charge in [-0.3, -0.25) is 4.79 Å². The van der Waals surface area contributed by atoms with Crippen molar-refractivity contribution in [2.75, 3.05) is 11.9 Å². The number of sulfonamides is 1. The van der Waals surface area contributed by atoms with Crippen LogP contribution in [-0.4, -0.2) is 27.0 Å². The summed E-state index contributed by atoms with van der Waals surface area (Å²) in [5, 5.41) is 7.71. The Balaban J connectivity index is 2.18. The van der Waals surface area contributed by atoms with Gasteiger partial charge in [0.05, 0.1) is 24.3 Å². The lowest BCUT2D eigenvalue weighted by atomic mass is 10.1. The van der Waals surface area contributed by atoms with Crippen molar-refractivity contribution in [3.63, 3.8) is 0 Å². The number of carbonyl (C=O) groups is 1. The second-order valence-corrected chi connectivity index (χ2v) is 6.14. The molecular weight excluding hydrogens is 268 g/mol. The maximum atomic E-state index is 12.0. The van der Waals surface area contributed by atoms with Crippen LogP contribution in [0.2, 0.25) is 0 Å². The van der Waals surface area contributed by atoms with Crippen molar-refractivity contribution in [2.45, 2.75) is 24.3 Å². The highest BCUT2D eigenvalue weighted by atomic mass is 32.2. The van der Waals surface area contributed by atoms with Crippen molar-refractivity contribution >= 4 is 21.6 Å². The molecule has 0 aliphatic carbocycles. The summed E-state index contributed by atoms with van der Waals surface area (Å²) in [6.07, 6.45) is 0.674. The molecule has 1 saturated heterocycles. The summed E-state index contributed by atoms with van der Waals surface area (Å²) in [6, 6.07) is 6.06. The van der Waals surface area contributed by atoms with Crippen LogP contribution in [0.3, 0.4) is 0 Å². The molecule has 1 fully saturated rings. The van der Waals surface area contributed by atoms with Gasteiger partial charge in [0, 0.05) is 0 Å². The predicted molar refractivity (Wildman–Crippen MR) is 70.0 cm³/mol. The summed E-state index contributed by atoms with van der Waals surface area (Å²) in [4.78, 5) is 11.9. The molecule has 1 amide bonds. The number of ether oxygens (including phenoxy) is 1. The van der Waals surface area contributed by atoms with Crippen LogP contribution in [0.1, 0.15) is 13.3 Å². The number of nitrogens with one attached hydrogen (secondary N) is 1. The number of nitrogens with two attached hydrogens (primary N) is 1. The van der Waals surface area contributed by atoms with Crippen LogP contribution >= 0.6 is 0 Å². The Morgan fingerprint density at radius 1 is 1.42 bits per heavy atom. The molecule has 0 spiro atoms. The number of rotatable bonds is 3. The van der Waals surface area contributed by atoms with Gasteiger partial charge in [-0.2, -0.15) is 0 Å². The average molecular weight is 284 g/mol. The third kappa shape index (κ3) is 3.31. The number of anilines is 1. The van der Waals surface area contributed by atoms with E-state index >= 15 is 0 Å². The third-order valence-electron chi connectivity index (χ3n) is 3.02. The first-order chi connectivity index (χ1) is 8.88. The highest BCUT2D eigenvalue weighted by molar-refractivity contribution is 7.89. The smallest absolute Gasteiger partial charge is 0.240 e. The Labute approximate surface area is 112 Å². The predicted octanol–water partition coefficient (Wildman–Crippen LogP) is 0.698. The second-order valence-electron chi connectivity index (χ2n) is 4.61. The molecule has 0 aromatic heterocycles. The molecule has 2 unspecified atom stereocenters. The number of carbonyl (C=O) groups excluding carboxylic acids is 1. The highest BCUT2D eigenvalue weighted by Crippen LogP contribution is 2.23. The number of hydrogen-bond donors (Lipinski definition) is 2. The van der Waals surface area contributed by atoms with E-state index in [1.54, 1.807) is 12.1 Å². The Morgan fingerprint density at radius 2 is 2.11 bits per heavy atom. The lowest BCUT2D eigenvalue weighted by Crippen LogP contribution is -2.25. The van der Waals surface area contributed by atoms with Gasteiger partial charge in [0.15, 0.2) is 0 Å². The van der Waals surface area contributed by atoms with Crippen LogP contribution in [0.5, 0.6) is 0 Å². The standard InChI is InChI=1S/C12H16N2O4S/c1-8-6-9(7-18-8)12(15)14-10-4-2-3-5-11(10)19(13,16)17/h2-5,8-9H,6-7H2,1H3,(H,14,15)(H2,13,16,17). The van der Waals surface area contributed by atoms with Crippen LogP contribution in [0, 0.1) is 5.92 Å². The molecule has 2 atom stereocenters. The molecule has 0 radical (unpaired) electrons. The molecule has 7 heteroatoms. The van der Waals surface area contributed by atoms with E-state index < -0.39 is 10.0 Å². The first kappa shape index (κ1) is 14.0. The van der Waals surface area contributed by atoms with Gasteiger partial charge in [0.1, 0.15) is 4.90 Å². The van der Waals surface area contributed by atoms with Gasteiger partial charge in [0.2, 0.25) is 15.9 Å². The summed E-state index contributed by atoms with van der Waals surface area (Å²) in [5.74, 6) is -0.510. The molecule has 0 bridgehead atoms. The molecule has 3 N–H and O–H groups in total. The van der Waals surface area contributed by atoms with E-state index in [0.29, 0.717) is 13.0 Å². The third-order valence-corrected chi connectivity index (χ3v) is 3.99. The van der Waals surface area contributed by atoms with Gasteiger partial charge in [0.25, 0.3) is 0 Å². The quantitative estimate of drug-likeness (QED) is 0.853. The fourth-order valence-electron chi connectivity index (χ4n) is 2.05. The SMILES string of the molecule is CC1CC(C(=O)Nc2ccccc2S(N)(=O)=O)CO1. The van der Waals surface area contributed by atoms with Gasteiger partial charge in [-0.1, -0.05) is 12.1 Å². The molecule has 2 rings (SSSR count). The summed E-state index contributed by atoms with van der Waals surface area (Å²) in [7, 11) is -3.86. The molecule has 0 saturated carbocycles. The normalized spacial score (nSPS) is 23.3. The topological polar surface area (TPSA) is 98.5 Å². The van der Waals surface area contributed by atoms with E-state index in [2.05, 4.69) is 5.32 Å². The summed E-state index contributed by atoms with van der Waals surface area (Å²) < 4.78 is 28.1. The Hall–Kier alpha value is -1.44. The number of amides is 1. The van der Waals surface area contributed by atoms with Gasteiger partial charge < -0.3 is 10.1 Å². The van der Waals surface area contributed by atoms with Gasteiger partial charge in [-0.05, 0) is 25.5 Å². The van der Waals surface area contributed by atoms with Gasteiger partial charge in [-0.15, -0.1) is 0 Å². The van der Waals surface area contributed by atoms with E-state index in [4.69, 9.17) is 9.88 Å². The largest absolute Gasteiger partial charge is 0.378 e. The maximum absolute atomic E-state index is 12.0. The van der Waals surface area contributed by atoms with Crippen LogP contribution < -0.4 is 10.5 Å². The van der Waals surface area contributed by atoms with Crippen molar-refractivity contribution in [2.24, 2.45) is 11.1 Å². The maximum Gasteiger partial charge on any atom is 0.240 e. The first-order valence-corrected chi connectivity index (χ1v) is 7.47. The van der Waals surface area contributed by atoms with Crippen molar-refractivity contribution in [1.82, 2.24) is 0 Å². The van der Waals surface area contributed by atoms with E-state index in [-0.39, 0.29) is 28.5 Å². The number of primary sulfonamides is 1. The monoisotopic (exact) mass is 284 g/mol. The Morgan fingerprint density at radius 3 is 2.68 bits per heavy atom. The zero-order valence-electron chi connectivity index (χ0n) is 10.5. The molecule has 1 aliphatic heterocycles. The van der Waals surface area contributed by atoms with Crippen molar-refractivity contribution in [3.8, 4) is 0 Å². The highest BCUT2D eigenvalue weighted by Gasteiger charge is 2.29. The zero-order chi connectivity index (χ0) is 14.0. The molecule has 1 heterocycles. The fourth-order valence-corrected chi connectivity index (χ4v) is 2.75. The minimum Gasteiger partial charge on any atom is -0.378 e. The van der Waals surface area contributed by atoms with Crippen LogP contribution in [0.15, 0.2) is 29.2 Å².